The highest BCUT2D eigenvalue weighted by Gasteiger charge is 2.09. The Morgan fingerprint density at radius 1 is 1.20 bits per heavy atom. The summed E-state index contributed by atoms with van der Waals surface area (Å²) in [6, 6.07) is 3.57. The second-order valence-corrected chi connectivity index (χ2v) is 2.97. The Morgan fingerprint density at radius 2 is 1.93 bits per heavy atom. The first kappa shape index (κ1) is 9.39. The lowest BCUT2D eigenvalue weighted by atomic mass is 10.2. The number of benzene rings is 1. The summed E-state index contributed by atoms with van der Waals surface area (Å²) < 4.78 is 9.65. The Balaban J connectivity index is 2.87. The van der Waals surface area contributed by atoms with Gasteiger partial charge < -0.3 is 19.4 Å². The number of hydrogen-bond acceptors (Lipinski definition) is 5. The highest BCUT2D eigenvalue weighted by atomic mass is 16.5. The van der Waals surface area contributed by atoms with E-state index in [-0.39, 0.29) is 22.8 Å². The van der Waals surface area contributed by atoms with Crippen molar-refractivity contribution in [3.8, 4) is 17.2 Å². The van der Waals surface area contributed by atoms with Gasteiger partial charge in [-0.15, -0.1) is 0 Å². The van der Waals surface area contributed by atoms with Gasteiger partial charge in [0.05, 0.1) is 18.6 Å². The van der Waals surface area contributed by atoms with Crippen LogP contribution in [0.2, 0.25) is 0 Å². The first-order valence-corrected chi connectivity index (χ1v) is 4.15. The topological polar surface area (TPSA) is 79.9 Å². The maximum atomic E-state index is 10.9. The van der Waals surface area contributed by atoms with Crippen molar-refractivity contribution in [3.05, 3.63) is 28.6 Å². The molecular weight excluding hydrogens is 200 g/mol. The van der Waals surface area contributed by atoms with Crippen LogP contribution in [0.1, 0.15) is 0 Å². The van der Waals surface area contributed by atoms with Crippen LogP contribution in [0.25, 0.3) is 11.0 Å². The summed E-state index contributed by atoms with van der Waals surface area (Å²) in [5.74, 6) is -0.162. The fourth-order valence-corrected chi connectivity index (χ4v) is 1.32. The summed E-state index contributed by atoms with van der Waals surface area (Å²) in [6.07, 6.45) is 0. The molecule has 0 spiro atoms. The molecule has 1 heterocycles. The van der Waals surface area contributed by atoms with Gasteiger partial charge >= 0.3 is 5.63 Å². The molecule has 0 amide bonds. The van der Waals surface area contributed by atoms with Crippen LogP contribution >= 0.6 is 0 Å². The molecule has 5 heteroatoms. The van der Waals surface area contributed by atoms with Gasteiger partial charge in [0, 0.05) is 6.07 Å². The summed E-state index contributed by atoms with van der Waals surface area (Å²) in [6.45, 7) is 0. The molecule has 0 fully saturated rings. The SMILES string of the molecule is COc1cc2c(O)cc(=O)oc2cc1O. The lowest BCUT2D eigenvalue weighted by Gasteiger charge is -2.05. The lowest BCUT2D eigenvalue weighted by molar-refractivity contribution is 0.373. The molecule has 2 N–H and O–H groups in total. The number of phenolic OH excluding ortho intramolecular Hbond substituents is 1. The van der Waals surface area contributed by atoms with Crippen molar-refractivity contribution in [2.75, 3.05) is 7.11 Å². The standard InChI is InChI=1S/C10H8O5/c1-14-9-2-5-6(11)4-10(13)15-8(5)3-7(9)12/h2-4,11-12H,1H3. The van der Waals surface area contributed by atoms with E-state index in [9.17, 15) is 15.0 Å². The van der Waals surface area contributed by atoms with E-state index in [4.69, 9.17) is 9.15 Å². The van der Waals surface area contributed by atoms with Crippen LogP contribution in [0.5, 0.6) is 17.2 Å². The molecule has 0 bridgehead atoms. The van der Waals surface area contributed by atoms with Crippen LogP contribution in [0.4, 0.5) is 0 Å². The van der Waals surface area contributed by atoms with Crippen molar-refractivity contribution >= 4 is 11.0 Å². The zero-order chi connectivity index (χ0) is 11.0. The van der Waals surface area contributed by atoms with Crippen LogP contribution < -0.4 is 10.4 Å². The predicted molar refractivity (Wildman–Crippen MR) is 52.4 cm³/mol. The van der Waals surface area contributed by atoms with Crippen molar-refractivity contribution in [3.63, 3.8) is 0 Å². The Labute approximate surface area is 84.1 Å². The van der Waals surface area contributed by atoms with E-state index in [1.807, 2.05) is 0 Å². The van der Waals surface area contributed by atoms with Gasteiger partial charge in [-0.1, -0.05) is 0 Å². The Morgan fingerprint density at radius 3 is 2.60 bits per heavy atom. The van der Waals surface area contributed by atoms with Crippen molar-refractivity contribution in [1.82, 2.24) is 0 Å². The quantitative estimate of drug-likeness (QED) is 0.688. The smallest absolute Gasteiger partial charge is 0.339 e. The van der Waals surface area contributed by atoms with Crippen LogP contribution in [-0.4, -0.2) is 17.3 Å². The molecule has 0 unspecified atom stereocenters. The number of ether oxygens (including phenoxy) is 1. The fourth-order valence-electron chi connectivity index (χ4n) is 1.32. The Kier molecular flexibility index (Phi) is 2.00. The third kappa shape index (κ3) is 1.48. The monoisotopic (exact) mass is 208 g/mol. The molecule has 0 aliphatic carbocycles. The van der Waals surface area contributed by atoms with Crippen LogP contribution in [0, 0.1) is 0 Å². The zero-order valence-electron chi connectivity index (χ0n) is 7.85. The third-order valence-corrected chi connectivity index (χ3v) is 2.02. The summed E-state index contributed by atoms with van der Waals surface area (Å²) in [7, 11) is 1.39. The normalized spacial score (nSPS) is 10.5. The van der Waals surface area contributed by atoms with Gasteiger partial charge in [-0.05, 0) is 6.07 Å². The predicted octanol–water partition coefficient (Wildman–Crippen LogP) is 1.21. The molecule has 1 aromatic heterocycles. The van der Waals surface area contributed by atoms with E-state index in [0.717, 1.165) is 6.07 Å². The highest BCUT2D eigenvalue weighted by molar-refractivity contribution is 5.86. The molecule has 1 aromatic carbocycles. The van der Waals surface area contributed by atoms with Crippen LogP contribution in [0.15, 0.2) is 27.4 Å². The largest absolute Gasteiger partial charge is 0.507 e. The van der Waals surface area contributed by atoms with E-state index in [2.05, 4.69) is 0 Å². The van der Waals surface area contributed by atoms with Gasteiger partial charge in [-0.25, -0.2) is 4.79 Å². The average molecular weight is 208 g/mol. The molecule has 0 saturated carbocycles. The molecule has 0 radical (unpaired) electrons. The first-order valence-electron chi connectivity index (χ1n) is 4.15. The molecule has 0 aliphatic rings. The van der Waals surface area contributed by atoms with Crippen molar-refractivity contribution < 1.29 is 19.4 Å². The van der Waals surface area contributed by atoms with Crippen molar-refractivity contribution in [2.24, 2.45) is 0 Å². The second-order valence-electron chi connectivity index (χ2n) is 2.97. The fraction of sp³-hybridized carbons (Fsp3) is 0.100. The maximum absolute atomic E-state index is 10.9. The summed E-state index contributed by atoms with van der Waals surface area (Å²) in [4.78, 5) is 10.9. The third-order valence-electron chi connectivity index (χ3n) is 2.02. The molecule has 2 aromatic rings. The first-order chi connectivity index (χ1) is 7.11. The number of rotatable bonds is 1. The molecule has 2 rings (SSSR count). The number of methoxy groups -OCH3 is 1. The molecule has 78 valence electrons. The number of hydrogen-bond donors (Lipinski definition) is 2. The highest BCUT2D eigenvalue weighted by Crippen LogP contribution is 2.33. The number of fused-ring (bicyclic) bond motifs is 1. The van der Waals surface area contributed by atoms with E-state index in [1.165, 1.54) is 19.2 Å². The average Bonchev–Trinajstić information content (AvgIpc) is 2.16. The van der Waals surface area contributed by atoms with Crippen LogP contribution in [0.3, 0.4) is 0 Å². The number of phenols is 1. The van der Waals surface area contributed by atoms with Crippen molar-refractivity contribution in [1.29, 1.82) is 0 Å². The van der Waals surface area contributed by atoms with E-state index in [1.54, 1.807) is 0 Å². The molecule has 0 saturated heterocycles. The zero-order valence-corrected chi connectivity index (χ0v) is 7.85. The van der Waals surface area contributed by atoms with E-state index in [0.29, 0.717) is 5.39 Å². The van der Waals surface area contributed by atoms with Gasteiger partial charge in [0.1, 0.15) is 11.3 Å². The lowest BCUT2D eigenvalue weighted by Crippen LogP contribution is -1.95. The number of aromatic hydroxyl groups is 2. The molecule has 5 nitrogen and oxygen atoms in total. The molecule has 0 atom stereocenters. The maximum Gasteiger partial charge on any atom is 0.339 e. The summed E-state index contributed by atoms with van der Waals surface area (Å²) >= 11 is 0. The van der Waals surface area contributed by atoms with Gasteiger partial charge in [0.25, 0.3) is 0 Å². The van der Waals surface area contributed by atoms with Gasteiger partial charge in [0.15, 0.2) is 11.5 Å². The van der Waals surface area contributed by atoms with Crippen molar-refractivity contribution in [2.45, 2.75) is 0 Å². The molecule has 0 aliphatic heterocycles. The minimum atomic E-state index is -0.676. The minimum Gasteiger partial charge on any atom is -0.507 e. The molecule has 15 heavy (non-hydrogen) atoms. The van der Waals surface area contributed by atoms with E-state index < -0.39 is 5.63 Å². The summed E-state index contributed by atoms with van der Waals surface area (Å²) in [5, 5.41) is 19.2. The van der Waals surface area contributed by atoms with Crippen LogP contribution in [-0.2, 0) is 0 Å². The molecular formula is C10H8O5. The summed E-state index contributed by atoms with van der Waals surface area (Å²) in [5.41, 5.74) is -0.567. The Hall–Kier alpha value is -2.17. The van der Waals surface area contributed by atoms with Gasteiger partial charge in [-0.2, -0.15) is 0 Å². The Bertz CT molecular complexity index is 570. The van der Waals surface area contributed by atoms with E-state index >= 15 is 0 Å². The van der Waals surface area contributed by atoms with Gasteiger partial charge in [-0.3, -0.25) is 0 Å². The minimum absolute atomic E-state index is 0.110. The van der Waals surface area contributed by atoms with Gasteiger partial charge in [0.2, 0.25) is 0 Å². The second kappa shape index (κ2) is 3.20.